The smallest absolute Gasteiger partial charge is 0.407 e. The molecule has 4 rings (SSSR count). The lowest BCUT2D eigenvalue weighted by Gasteiger charge is -2.40. The maximum atomic E-state index is 13.8. The van der Waals surface area contributed by atoms with E-state index in [0.29, 0.717) is 18.6 Å². The number of hydrogen-bond acceptors (Lipinski definition) is 6. The number of sulfone groups is 1. The second kappa shape index (κ2) is 11.3. The Kier molecular flexibility index (Phi) is 8.36. The van der Waals surface area contributed by atoms with E-state index >= 15 is 0 Å². The molecule has 2 aliphatic heterocycles. The highest BCUT2D eigenvalue weighted by Gasteiger charge is 2.51. The number of carbonyl (C=O) groups excluding carboxylic acids is 3. The Labute approximate surface area is 233 Å². The van der Waals surface area contributed by atoms with Gasteiger partial charge in [0.05, 0.1) is 22.3 Å². The van der Waals surface area contributed by atoms with E-state index in [1.807, 2.05) is 6.92 Å². The topological polar surface area (TPSA) is 122 Å². The summed E-state index contributed by atoms with van der Waals surface area (Å²) in [5.41, 5.74) is -0.515. The van der Waals surface area contributed by atoms with Crippen LogP contribution in [0.3, 0.4) is 0 Å². The van der Waals surface area contributed by atoms with Crippen molar-refractivity contribution in [1.82, 2.24) is 10.2 Å². The molecule has 0 radical (unpaired) electrons. The van der Waals surface area contributed by atoms with Gasteiger partial charge in [-0.2, -0.15) is 0 Å². The van der Waals surface area contributed by atoms with Crippen molar-refractivity contribution in [2.24, 2.45) is 5.92 Å². The molecule has 2 aromatic carbocycles. The Hall–Kier alpha value is -3.32. The van der Waals surface area contributed by atoms with Crippen molar-refractivity contribution in [3.8, 4) is 0 Å². The Balaban J connectivity index is 1.56. The number of rotatable bonds is 6. The second-order valence-electron chi connectivity index (χ2n) is 10.0. The van der Waals surface area contributed by atoms with Crippen molar-refractivity contribution in [2.45, 2.75) is 61.4 Å². The van der Waals surface area contributed by atoms with Gasteiger partial charge in [0.25, 0.3) is 5.91 Å². The highest BCUT2D eigenvalue weighted by atomic mass is 35.5. The molecule has 5 atom stereocenters. The standard InChI is InChI=1S/C26H27ClF3N3O6S/c1-12-6-16-10-17(11-21(12)33(16)25(35)13(2)31-26(36)39-3)40(37,38)22-7-14(4-5-18(22)27)24(34)32-15-8-19(28)23(30)20(29)9-15/h4-5,7-9,12-13,16-17,21H,6,10-11H2,1-3H3,(H,31,36)(H,32,34)/t12-,13-,16?,17?,21?/m0/s1. The lowest BCUT2D eigenvalue weighted by Crippen LogP contribution is -2.56. The van der Waals surface area contributed by atoms with Gasteiger partial charge in [0.1, 0.15) is 6.04 Å². The fourth-order valence-electron chi connectivity index (χ4n) is 5.46. The lowest BCUT2D eigenvalue weighted by atomic mass is 9.98. The zero-order valence-corrected chi connectivity index (χ0v) is 23.3. The molecule has 2 saturated heterocycles. The number of nitrogens with zero attached hydrogens (tertiary/aromatic N) is 1. The highest BCUT2D eigenvalue weighted by molar-refractivity contribution is 7.92. The van der Waals surface area contributed by atoms with Crippen LogP contribution < -0.4 is 10.6 Å². The van der Waals surface area contributed by atoms with Crippen LogP contribution >= 0.6 is 11.6 Å². The second-order valence-corrected chi connectivity index (χ2v) is 12.6. The van der Waals surface area contributed by atoms with Gasteiger partial charge in [-0.3, -0.25) is 9.59 Å². The van der Waals surface area contributed by atoms with Crippen molar-refractivity contribution in [2.75, 3.05) is 12.4 Å². The summed E-state index contributed by atoms with van der Waals surface area (Å²) in [7, 11) is -2.91. The van der Waals surface area contributed by atoms with Gasteiger partial charge < -0.3 is 20.3 Å². The van der Waals surface area contributed by atoms with Gasteiger partial charge in [-0.05, 0) is 50.3 Å². The number of fused-ring (bicyclic) bond motifs is 2. The molecule has 2 bridgehead atoms. The molecule has 3 amide bonds. The summed E-state index contributed by atoms with van der Waals surface area (Å²) in [6, 6.07) is 3.08. The molecular weight excluding hydrogens is 575 g/mol. The van der Waals surface area contributed by atoms with E-state index < -0.39 is 62.7 Å². The molecule has 0 spiro atoms. The maximum Gasteiger partial charge on any atom is 0.407 e. The van der Waals surface area contributed by atoms with Gasteiger partial charge in [-0.15, -0.1) is 0 Å². The number of ether oxygens (including phenoxy) is 1. The molecule has 9 nitrogen and oxygen atoms in total. The molecule has 2 fully saturated rings. The van der Waals surface area contributed by atoms with Crippen LogP contribution in [0, 0.1) is 23.4 Å². The number of hydrogen-bond donors (Lipinski definition) is 2. The number of benzene rings is 2. The van der Waals surface area contributed by atoms with E-state index in [9.17, 15) is 36.0 Å². The van der Waals surface area contributed by atoms with Gasteiger partial charge in [0.15, 0.2) is 27.3 Å². The molecule has 2 heterocycles. The average molecular weight is 602 g/mol. The minimum absolute atomic E-state index is 0.00330. The van der Waals surface area contributed by atoms with Gasteiger partial charge in [0, 0.05) is 35.5 Å². The fourth-order valence-corrected chi connectivity index (χ4v) is 7.82. The molecule has 3 unspecified atom stereocenters. The Morgan fingerprint density at radius 2 is 1.73 bits per heavy atom. The molecule has 2 aromatic rings. The van der Waals surface area contributed by atoms with E-state index in [0.717, 1.165) is 6.07 Å². The van der Waals surface area contributed by atoms with Gasteiger partial charge in [-0.25, -0.2) is 26.4 Å². The third kappa shape index (κ3) is 5.62. The van der Waals surface area contributed by atoms with Crippen LogP contribution in [0.1, 0.15) is 43.5 Å². The molecular formula is C26H27ClF3N3O6S. The van der Waals surface area contributed by atoms with Crippen molar-refractivity contribution in [1.29, 1.82) is 0 Å². The summed E-state index contributed by atoms with van der Waals surface area (Å²) in [4.78, 5) is 38.8. The van der Waals surface area contributed by atoms with Crippen molar-refractivity contribution in [3.05, 3.63) is 58.4 Å². The van der Waals surface area contributed by atoms with Crippen molar-refractivity contribution in [3.63, 3.8) is 0 Å². The quantitative estimate of drug-likeness (QED) is 0.476. The van der Waals surface area contributed by atoms with E-state index in [-0.39, 0.29) is 45.8 Å². The predicted molar refractivity (Wildman–Crippen MR) is 139 cm³/mol. The number of nitrogens with one attached hydrogen (secondary N) is 2. The SMILES string of the molecule is COC(=O)N[C@@H](C)C(=O)N1C2CC(S(=O)(=O)c3cc(C(=O)Nc4cc(F)c(F)c(F)c4)ccc3Cl)CC1[C@@H](C)C2. The van der Waals surface area contributed by atoms with Crippen molar-refractivity contribution < 1.29 is 40.7 Å². The number of piperidine rings is 1. The van der Waals surface area contributed by atoms with Crippen LogP contribution in [0.15, 0.2) is 35.2 Å². The molecule has 40 heavy (non-hydrogen) atoms. The number of anilines is 1. The summed E-state index contributed by atoms with van der Waals surface area (Å²) in [5, 5.41) is 3.63. The number of methoxy groups -OCH3 is 1. The van der Waals surface area contributed by atoms with Crippen LogP contribution in [0.5, 0.6) is 0 Å². The van der Waals surface area contributed by atoms with E-state index in [4.69, 9.17) is 11.6 Å². The van der Waals surface area contributed by atoms with Gasteiger partial charge in [-0.1, -0.05) is 18.5 Å². The first-order valence-electron chi connectivity index (χ1n) is 12.4. The van der Waals surface area contributed by atoms with Gasteiger partial charge >= 0.3 is 6.09 Å². The monoisotopic (exact) mass is 601 g/mol. The first-order valence-corrected chi connectivity index (χ1v) is 14.3. The Morgan fingerprint density at radius 1 is 1.07 bits per heavy atom. The van der Waals surface area contributed by atoms with Crippen LogP contribution in [0.2, 0.25) is 5.02 Å². The molecule has 0 saturated carbocycles. The molecule has 216 valence electrons. The third-order valence-corrected chi connectivity index (χ3v) is 10.1. The Morgan fingerprint density at radius 3 is 2.33 bits per heavy atom. The summed E-state index contributed by atoms with van der Waals surface area (Å²) in [5.74, 6) is -5.92. The largest absolute Gasteiger partial charge is 0.453 e. The molecule has 2 N–H and O–H groups in total. The fraction of sp³-hybridized carbons (Fsp3) is 0.423. The van der Waals surface area contributed by atoms with E-state index in [2.05, 4.69) is 15.4 Å². The number of alkyl carbamates (subject to hydrolysis) is 1. The van der Waals surface area contributed by atoms with Crippen LogP contribution in [0.4, 0.5) is 23.7 Å². The Bertz CT molecular complexity index is 1450. The van der Waals surface area contributed by atoms with Crippen molar-refractivity contribution >= 4 is 45.0 Å². The van der Waals surface area contributed by atoms with Gasteiger partial charge in [0.2, 0.25) is 5.91 Å². The number of amides is 3. The summed E-state index contributed by atoms with van der Waals surface area (Å²) >= 11 is 6.26. The minimum atomic E-state index is -4.09. The summed E-state index contributed by atoms with van der Waals surface area (Å²) < 4.78 is 72.4. The normalized spacial score (nSPS) is 22.9. The number of carbonyl (C=O) groups is 3. The molecule has 0 aliphatic carbocycles. The van der Waals surface area contributed by atoms with Crippen LogP contribution in [-0.4, -0.2) is 61.7 Å². The van der Waals surface area contributed by atoms with Crippen LogP contribution in [0.25, 0.3) is 0 Å². The summed E-state index contributed by atoms with van der Waals surface area (Å²) in [6.45, 7) is 3.45. The molecule has 2 aliphatic rings. The third-order valence-electron chi connectivity index (χ3n) is 7.42. The molecule has 14 heteroatoms. The minimum Gasteiger partial charge on any atom is -0.453 e. The van der Waals surface area contributed by atoms with Crippen LogP contribution in [-0.2, 0) is 19.4 Å². The highest BCUT2D eigenvalue weighted by Crippen LogP contribution is 2.44. The predicted octanol–water partition coefficient (Wildman–Crippen LogP) is 4.30. The van der Waals surface area contributed by atoms with E-state index in [1.54, 1.807) is 4.90 Å². The van der Waals surface area contributed by atoms with E-state index in [1.165, 1.54) is 26.2 Å². The summed E-state index contributed by atoms with van der Waals surface area (Å²) in [6.07, 6.45) is 0.0686. The number of halogens is 4. The zero-order chi connectivity index (χ0) is 29.5. The molecule has 0 aromatic heterocycles. The maximum absolute atomic E-state index is 13.8. The first kappa shape index (κ1) is 29.7. The first-order chi connectivity index (χ1) is 18.7. The lowest BCUT2D eigenvalue weighted by molar-refractivity contribution is -0.137. The zero-order valence-electron chi connectivity index (χ0n) is 21.7. The average Bonchev–Trinajstić information content (AvgIpc) is 3.09.